The van der Waals surface area contributed by atoms with Gasteiger partial charge in [0.25, 0.3) is 5.69 Å². The lowest BCUT2D eigenvalue weighted by molar-refractivity contribution is -0.387. The van der Waals surface area contributed by atoms with Crippen LogP contribution in [-0.4, -0.2) is 41.4 Å². The second-order valence-electron chi connectivity index (χ2n) is 5.75. The van der Waals surface area contributed by atoms with Crippen LogP contribution in [0.5, 0.6) is 0 Å². The number of β-amino-alcohol motifs (C(OH)–C–C–N with tert-alkyl or cyclic N) is 1. The number of aryl methyl sites for hydroxylation is 2. The minimum absolute atomic E-state index is 0.0561. The molecule has 8 heteroatoms. The molecule has 7 nitrogen and oxygen atoms in total. The van der Waals surface area contributed by atoms with Crippen molar-refractivity contribution in [1.82, 2.24) is 4.31 Å². The van der Waals surface area contributed by atoms with Crippen LogP contribution >= 0.6 is 0 Å². The van der Waals surface area contributed by atoms with Crippen molar-refractivity contribution in [1.29, 1.82) is 0 Å². The zero-order valence-electron chi connectivity index (χ0n) is 12.2. The predicted octanol–water partition coefficient (Wildman–Crippen LogP) is 1.36. The van der Waals surface area contributed by atoms with Gasteiger partial charge >= 0.3 is 0 Å². The highest BCUT2D eigenvalue weighted by atomic mass is 32.2. The molecule has 1 fully saturated rings. The number of aliphatic hydroxyl groups is 1. The molecule has 1 aromatic rings. The fourth-order valence-electron chi connectivity index (χ4n) is 2.37. The van der Waals surface area contributed by atoms with Crippen LogP contribution in [0.3, 0.4) is 0 Å². The summed E-state index contributed by atoms with van der Waals surface area (Å²) in [4.78, 5) is 10.1. The number of rotatable bonds is 3. The molecule has 116 valence electrons. The molecule has 1 saturated heterocycles. The van der Waals surface area contributed by atoms with E-state index in [1.165, 1.54) is 12.1 Å². The van der Waals surface area contributed by atoms with E-state index in [2.05, 4.69) is 0 Å². The normalized spacial score (nSPS) is 23.4. The molecule has 1 N–H and O–H groups in total. The Bertz CT molecular complexity index is 697. The molecule has 1 atom stereocenters. The van der Waals surface area contributed by atoms with E-state index in [0.717, 1.165) is 4.31 Å². The lowest BCUT2D eigenvalue weighted by Gasteiger charge is -2.19. The van der Waals surface area contributed by atoms with Crippen molar-refractivity contribution in [2.45, 2.75) is 37.7 Å². The van der Waals surface area contributed by atoms with Crippen molar-refractivity contribution in [3.05, 3.63) is 33.4 Å². The summed E-state index contributed by atoms with van der Waals surface area (Å²) >= 11 is 0. The summed E-state index contributed by atoms with van der Waals surface area (Å²) in [7, 11) is -3.99. The molecule has 0 bridgehead atoms. The van der Waals surface area contributed by atoms with Crippen LogP contribution in [0.25, 0.3) is 0 Å². The molecule has 0 radical (unpaired) electrons. The second kappa shape index (κ2) is 5.04. The molecule has 1 unspecified atom stereocenters. The van der Waals surface area contributed by atoms with Crippen molar-refractivity contribution in [2.75, 3.05) is 13.1 Å². The van der Waals surface area contributed by atoms with Gasteiger partial charge in [0.05, 0.1) is 10.5 Å². The van der Waals surface area contributed by atoms with Gasteiger partial charge in [0.1, 0.15) is 0 Å². The predicted molar refractivity (Wildman–Crippen MR) is 76.6 cm³/mol. The summed E-state index contributed by atoms with van der Waals surface area (Å²) in [6.45, 7) is 5.05. The average Bonchev–Trinajstić information content (AvgIpc) is 2.73. The molecular formula is C13H18N2O5S. The number of hydrogen-bond acceptors (Lipinski definition) is 5. The Balaban J connectivity index is 2.55. The van der Waals surface area contributed by atoms with Gasteiger partial charge in [-0.25, -0.2) is 8.42 Å². The van der Waals surface area contributed by atoms with E-state index >= 15 is 0 Å². The van der Waals surface area contributed by atoms with Gasteiger partial charge in [-0.1, -0.05) is 0 Å². The van der Waals surface area contributed by atoms with E-state index in [1.54, 1.807) is 20.8 Å². The summed E-state index contributed by atoms with van der Waals surface area (Å²) in [6, 6.07) is 2.60. The molecule has 0 aliphatic carbocycles. The van der Waals surface area contributed by atoms with Gasteiger partial charge in [0.15, 0.2) is 4.90 Å². The average molecular weight is 314 g/mol. The first kappa shape index (κ1) is 15.9. The maximum atomic E-state index is 12.6. The molecule has 1 heterocycles. The maximum Gasteiger partial charge on any atom is 0.289 e. The van der Waals surface area contributed by atoms with Gasteiger partial charge in [0, 0.05) is 19.2 Å². The summed E-state index contributed by atoms with van der Waals surface area (Å²) in [5.74, 6) is 0. The Morgan fingerprint density at radius 3 is 2.38 bits per heavy atom. The quantitative estimate of drug-likeness (QED) is 0.670. The van der Waals surface area contributed by atoms with Crippen LogP contribution in [-0.2, 0) is 10.0 Å². The van der Waals surface area contributed by atoms with Gasteiger partial charge in [-0.15, -0.1) is 0 Å². The molecule has 1 aromatic carbocycles. The summed E-state index contributed by atoms with van der Waals surface area (Å²) in [5, 5.41) is 21.1. The van der Waals surface area contributed by atoms with E-state index in [1.807, 2.05) is 0 Å². The third-order valence-corrected chi connectivity index (χ3v) is 5.68. The highest BCUT2D eigenvalue weighted by molar-refractivity contribution is 7.89. The molecular weight excluding hydrogens is 296 g/mol. The van der Waals surface area contributed by atoms with Crippen LogP contribution in [0.15, 0.2) is 17.0 Å². The number of hydrogen-bond donors (Lipinski definition) is 1. The van der Waals surface area contributed by atoms with E-state index in [0.29, 0.717) is 17.5 Å². The molecule has 0 aromatic heterocycles. The monoisotopic (exact) mass is 314 g/mol. The Kier molecular flexibility index (Phi) is 3.81. The lowest BCUT2D eigenvalue weighted by Crippen LogP contribution is -2.34. The van der Waals surface area contributed by atoms with Crippen molar-refractivity contribution in [3.63, 3.8) is 0 Å². The Morgan fingerprint density at radius 1 is 1.33 bits per heavy atom. The van der Waals surface area contributed by atoms with Crippen LogP contribution in [0.1, 0.15) is 24.5 Å². The number of nitro benzene ring substituents is 1. The fraction of sp³-hybridized carbons (Fsp3) is 0.538. The maximum absolute atomic E-state index is 12.6. The first-order valence-electron chi connectivity index (χ1n) is 6.53. The van der Waals surface area contributed by atoms with Gasteiger partial charge in [-0.05, 0) is 44.4 Å². The highest BCUT2D eigenvalue weighted by Crippen LogP contribution is 2.33. The van der Waals surface area contributed by atoms with Gasteiger partial charge in [-0.2, -0.15) is 4.31 Å². The van der Waals surface area contributed by atoms with E-state index in [-0.39, 0.29) is 18.0 Å². The Labute approximate surface area is 123 Å². The van der Waals surface area contributed by atoms with Crippen molar-refractivity contribution < 1.29 is 18.4 Å². The van der Waals surface area contributed by atoms with Crippen LogP contribution in [0.4, 0.5) is 5.69 Å². The van der Waals surface area contributed by atoms with Crippen LogP contribution in [0, 0.1) is 24.0 Å². The third kappa shape index (κ3) is 2.92. The smallest absolute Gasteiger partial charge is 0.289 e. The standard InChI is InChI=1S/C13H18N2O5S/c1-9-6-11(15(17)18)12(7-10(9)2)21(19,20)14-5-4-13(3,16)8-14/h6-7,16H,4-5,8H2,1-3H3. The Hall–Kier alpha value is -1.51. The molecule has 1 aliphatic rings. The molecule has 1 aliphatic heterocycles. The molecule has 0 spiro atoms. The van der Waals surface area contributed by atoms with Gasteiger partial charge < -0.3 is 5.11 Å². The molecule has 2 rings (SSSR count). The van der Waals surface area contributed by atoms with E-state index in [4.69, 9.17) is 0 Å². The van der Waals surface area contributed by atoms with Gasteiger partial charge in [0.2, 0.25) is 10.0 Å². The van der Waals surface area contributed by atoms with Crippen molar-refractivity contribution in [3.8, 4) is 0 Å². The van der Waals surface area contributed by atoms with Crippen molar-refractivity contribution >= 4 is 15.7 Å². The Morgan fingerprint density at radius 2 is 1.90 bits per heavy atom. The second-order valence-corrected chi connectivity index (χ2v) is 7.65. The van der Waals surface area contributed by atoms with Gasteiger partial charge in [-0.3, -0.25) is 10.1 Å². The third-order valence-electron chi connectivity index (χ3n) is 3.81. The van der Waals surface area contributed by atoms with Crippen LogP contribution in [0.2, 0.25) is 0 Å². The lowest BCUT2D eigenvalue weighted by atomic mass is 10.1. The molecule has 0 saturated carbocycles. The summed E-state index contributed by atoms with van der Waals surface area (Å²) in [5.41, 5.74) is -0.189. The first-order valence-corrected chi connectivity index (χ1v) is 7.97. The number of benzene rings is 1. The zero-order valence-corrected chi connectivity index (χ0v) is 13.0. The zero-order chi connectivity index (χ0) is 16.0. The first-order chi connectivity index (χ1) is 9.54. The largest absolute Gasteiger partial charge is 0.389 e. The summed E-state index contributed by atoms with van der Waals surface area (Å²) in [6.07, 6.45) is 0.310. The molecule has 21 heavy (non-hydrogen) atoms. The number of sulfonamides is 1. The minimum Gasteiger partial charge on any atom is -0.389 e. The summed E-state index contributed by atoms with van der Waals surface area (Å²) < 4.78 is 26.3. The van der Waals surface area contributed by atoms with E-state index < -0.39 is 26.2 Å². The fourth-order valence-corrected chi connectivity index (χ4v) is 4.15. The topological polar surface area (TPSA) is 101 Å². The minimum atomic E-state index is -3.99. The van der Waals surface area contributed by atoms with Crippen LogP contribution < -0.4 is 0 Å². The van der Waals surface area contributed by atoms with Crippen molar-refractivity contribution in [2.24, 2.45) is 0 Å². The van der Waals surface area contributed by atoms with E-state index in [9.17, 15) is 23.6 Å². The SMILES string of the molecule is Cc1cc([N+](=O)[O-])c(S(=O)(=O)N2CCC(C)(O)C2)cc1C. The number of nitrogens with zero attached hydrogens (tertiary/aromatic N) is 2. The number of nitro groups is 1. The highest BCUT2D eigenvalue weighted by Gasteiger charge is 2.41. The molecule has 0 amide bonds.